The van der Waals surface area contributed by atoms with Crippen LogP contribution in [0.15, 0.2) is 24.5 Å². The van der Waals surface area contributed by atoms with Gasteiger partial charge in [0.2, 0.25) is 0 Å². The summed E-state index contributed by atoms with van der Waals surface area (Å²) in [6.07, 6.45) is 2.92. The minimum Gasteiger partial charge on any atom is -0.304 e. The van der Waals surface area contributed by atoms with Crippen molar-refractivity contribution in [1.29, 1.82) is 0 Å². The molecule has 0 aliphatic rings. The van der Waals surface area contributed by atoms with Crippen LogP contribution in [-0.4, -0.2) is 20.9 Å². The van der Waals surface area contributed by atoms with Crippen molar-refractivity contribution in [2.24, 2.45) is 0 Å². The molecule has 0 saturated carbocycles. The van der Waals surface area contributed by atoms with Crippen molar-refractivity contribution in [2.75, 3.05) is 5.32 Å². The molecule has 2 rings (SSSR count). The van der Waals surface area contributed by atoms with Gasteiger partial charge in [0.25, 0.3) is 5.91 Å². The Morgan fingerprint density at radius 3 is 2.61 bits per heavy atom. The summed E-state index contributed by atoms with van der Waals surface area (Å²) in [6, 6.07) is 3.50. The van der Waals surface area contributed by atoms with E-state index in [0.717, 1.165) is 5.69 Å². The van der Waals surface area contributed by atoms with Crippen LogP contribution in [0.25, 0.3) is 0 Å². The van der Waals surface area contributed by atoms with Gasteiger partial charge in [-0.2, -0.15) is 0 Å². The standard InChI is InChI=1S/C12H11ClN4O/c1-7-3-4-9(8(2)16-7)12(18)17-11-10(13)14-5-6-15-11/h3-6H,1-2H3,(H,15,17,18). The van der Waals surface area contributed by atoms with Crippen molar-refractivity contribution in [3.63, 3.8) is 0 Å². The Hall–Kier alpha value is -2.01. The smallest absolute Gasteiger partial charge is 0.258 e. The first-order chi connectivity index (χ1) is 8.58. The quantitative estimate of drug-likeness (QED) is 0.902. The third-order valence-electron chi connectivity index (χ3n) is 2.36. The van der Waals surface area contributed by atoms with Gasteiger partial charge in [0, 0.05) is 18.1 Å². The van der Waals surface area contributed by atoms with E-state index in [1.54, 1.807) is 19.1 Å². The molecule has 0 spiro atoms. The van der Waals surface area contributed by atoms with Crippen LogP contribution in [0, 0.1) is 13.8 Å². The van der Waals surface area contributed by atoms with Crippen LogP contribution >= 0.6 is 11.6 Å². The summed E-state index contributed by atoms with van der Waals surface area (Å²) in [5, 5.41) is 2.76. The average molecular weight is 263 g/mol. The van der Waals surface area contributed by atoms with Gasteiger partial charge in [-0.3, -0.25) is 9.78 Å². The predicted octanol–water partition coefficient (Wildman–Crippen LogP) is 2.39. The first-order valence-electron chi connectivity index (χ1n) is 5.30. The fraction of sp³-hybridized carbons (Fsp3) is 0.167. The minimum atomic E-state index is -0.303. The summed E-state index contributed by atoms with van der Waals surface area (Å²) in [6.45, 7) is 3.65. The van der Waals surface area contributed by atoms with Crippen LogP contribution in [0.3, 0.4) is 0 Å². The summed E-state index contributed by atoms with van der Waals surface area (Å²) in [5.74, 6) is -0.0634. The third kappa shape index (κ3) is 2.62. The predicted molar refractivity (Wildman–Crippen MR) is 68.7 cm³/mol. The van der Waals surface area contributed by atoms with Crippen molar-refractivity contribution in [3.05, 3.63) is 46.6 Å². The molecular formula is C12H11ClN4O. The number of nitrogens with zero attached hydrogens (tertiary/aromatic N) is 3. The molecule has 18 heavy (non-hydrogen) atoms. The van der Waals surface area contributed by atoms with Crippen LogP contribution < -0.4 is 5.32 Å². The normalized spacial score (nSPS) is 10.2. The molecule has 0 radical (unpaired) electrons. The molecule has 2 aromatic heterocycles. The van der Waals surface area contributed by atoms with Gasteiger partial charge < -0.3 is 5.32 Å². The fourth-order valence-electron chi connectivity index (χ4n) is 1.51. The molecule has 0 aromatic carbocycles. The topological polar surface area (TPSA) is 67.8 Å². The molecule has 6 heteroatoms. The van der Waals surface area contributed by atoms with Crippen molar-refractivity contribution in [2.45, 2.75) is 13.8 Å². The van der Waals surface area contributed by atoms with Gasteiger partial charge in [-0.1, -0.05) is 11.6 Å². The van der Waals surface area contributed by atoms with Gasteiger partial charge in [0.1, 0.15) is 0 Å². The maximum absolute atomic E-state index is 12.0. The van der Waals surface area contributed by atoms with E-state index in [9.17, 15) is 4.79 Å². The molecule has 0 bridgehead atoms. The van der Waals surface area contributed by atoms with E-state index in [4.69, 9.17) is 11.6 Å². The average Bonchev–Trinajstić information content (AvgIpc) is 2.32. The highest BCUT2D eigenvalue weighted by Gasteiger charge is 2.12. The van der Waals surface area contributed by atoms with Crippen LogP contribution in [-0.2, 0) is 0 Å². The van der Waals surface area contributed by atoms with E-state index >= 15 is 0 Å². The molecular weight excluding hydrogens is 252 g/mol. The molecule has 0 aliphatic heterocycles. The van der Waals surface area contributed by atoms with Gasteiger partial charge in [0.05, 0.1) is 11.3 Å². The molecule has 0 unspecified atom stereocenters. The zero-order chi connectivity index (χ0) is 13.1. The Kier molecular flexibility index (Phi) is 3.53. The van der Waals surface area contributed by atoms with Crippen molar-refractivity contribution in [1.82, 2.24) is 15.0 Å². The highest BCUT2D eigenvalue weighted by Crippen LogP contribution is 2.16. The Morgan fingerprint density at radius 2 is 1.94 bits per heavy atom. The van der Waals surface area contributed by atoms with E-state index in [1.165, 1.54) is 12.4 Å². The number of pyridine rings is 1. The van der Waals surface area contributed by atoms with Gasteiger partial charge in [0.15, 0.2) is 11.0 Å². The Morgan fingerprint density at radius 1 is 1.22 bits per heavy atom. The number of aryl methyl sites for hydroxylation is 2. The molecule has 0 saturated heterocycles. The molecule has 0 atom stereocenters. The van der Waals surface area contributed by atoms with Crippen molar-refractivity contribution >= 4 is 23.3 Å². The number of aromatic nitrogens is 3. The molecule has 92 valence electrons. The lowest BCUT2D eigenvalue weighted by Gasteiger charge is -2.07. The van der Waals surface area contributed by atoms with E-state index in [1.807, 2.05) is 6.92 Å². The van der Waals surface area contributed by atoms with E-state index in [-0.39, 0.29) is 16.9 Å². The summed E-state index contributed by atoms with van der Waals surface area (Å²) < 4.78 is 0. The molecule has 1 amide bonds. The molecule has 0 aliphatic carbocycles. The van der Waals surface area contributed by atoms with Gasteiger partial charge >= 0.3 is 0 Å². The lowest BCUT2D eigenvalue weighted by molar-refractivity contribution is 0.102. The van der Waals surface area contributed by atoms with E-state index in [2.05, 4.69) is 20.3 Å². The second-order valence-corrected chi connectivity index (χ2v) is 4.09. The summed E-state index contributed by atoms with van der Waals surface area (Å²) in [4.78, 5) is 24.0. The molecule has 1 N–H and O–H groups in total. The second-order valence-electron chi connectivity index (χ2n) is 3.74. The molecule has 0 fully saturated rings. The number of amides is 1. The maximum Gasteiger partial charge on any atom is 0.258 e. The Bertz CT molecular complexity index is 600. The summed E-state index contributed by atoms with van der Waals surface area (Å²) >= 11 is 5.82. The van der Waals surface area contributed by atoms with Crippen LogP contribution in [0.5, 0.6) is 0 Å². The molecule has 2 heterocycles. The number of rotatable bonds is 2. The monoisotopic (exact) mass is 262 g/mol. The van der Waals surface area contributed by atoms with Crippen molar-refractivity contribution in [3.8, 4) is 0 Å². The SMILES string of the molecule is Cc1ccc(C(=O)Nc2nccnc2Cl)c(C)n1. The van der Waals surface area contributed by atoms with E-state index in [0.29, 0.717) is 11.3 Å². The van der Waals surface area contributed by atoms with Crippen molar-refractivity contribution < 1.29 is 4.79 Å². The first-order valence-corrected chi connectivity index (χ1v) is 5.68. The largest absolute Gasteiger partial charge is 0.304 e. The lowest BCUT2D eigenvalue weighted by atomic mass is 10.2. The Labute approximate surface area is 109 Å². The number of hydrogen-bond acceptors (Lipinski definition) is 4. The first kappa shape index (κ1) is 12.4. The van der Waals surface area contributed by atoms with Crippen LogP contribution in [0.1, 0.15) is 21.7 Å². The zero-order valence-electron chi connectivity index (χ0n) is 9.94. The number of anilines is 1. The number of carbonyl (C=O) groups excluding carboxylic acids is 1. The maximum atomic E-state index is 12.0. The van der Waals surface area contributed by atoms with Crippen LogP contribution in [0.4, 0.5) is 5.82 Å². The Balaban J connectivity index is 2.25. The molecule has 5 nitrogen and oxygen atoms in total. The second kappa shape index (κ2) is 5.10. The zero-order valence-corrected chi connectivity index (χ0v) is 10.7. The van der Waals surface area contributed by atoms with Gasteiger partial charge in [-0.15, -0.1) is 0 Å². The van der Waals surface area contributed by atoms with Gasteiger partial charge in [-0.25, -0.2) is 9.97 Å². The number of carbonyl (C=O) groups is 1. The fourth-order valence-corrected chi connectivity index (χ4v) is 1.66. The third-order valence-corrected chi connectivity index (χ3v) is 2.63. The number of hydrogen-bond donors (Lipinski definition) is 1. The molecule has 2 aromatic rings. The van der Waals surface area contributed by atoms with Crippen LogP contribution in [0.2, 0.25) is 5.15 Å². The minimum absolute atomic E-state index is 0.156. The summed E-state index contributed by atoms with van der Waals surface area (Å²) in [7, 11) is 0. The number of halogens is 1. The number of nitrogens with one attached hydrogen (secondary N) is 1. The summed E-state index contributed by atoms with van der Waals surface area (Å²) in [5.41, 5.74) is 2.01. The van der Waals surface area contributed by atoms with Gasteiger partial charge in [-0.05, 0) is 26.0 Å². The highest BCUT2D eigenvalue weighted by molar-refractivity contribution is 6.32. The van der Waals surface area contributed by atoms with E-state index < -0.39 is 0 Å². The lowest BCUT2D eigenvalue weighted by Crippen LogP contribution is -2.15. The highest BCUT2D eigenvalue weighted by atomic mass is 35.5.